The van der Waals surface area contributed by atoms with Gasteiger partial charge in [0.1, 0.15) is 5.65 Å². The summed E-state index contributed by atoms with van der Waals surface area (Å²) in [6.07, 6.45) is 4.17. The van der Waals surface area contributed by atoms with E-state index in [-0.39, 0.29) is 0 Å². The molecule has 1 fully saturated rings. The lowest BCUT2D eigenvalue weighted by Gasteiger charge is -2.35. The van der Waals surface area contributed by atoms with E-state index in [0.29, 0.717) is 6.54 Å². The SMILES string of the molecule is CCN1CCN(c2ccc3nc(CN)cn3c2)CC1. The Hall–Kier alpha value is -1.59. The first-order valence-electron chi connectivity index (χ1n) is 6.95. The topological polar surface area (TPSA) is 49.8 Å². The Balaban J connectivity index is 1.81. The van der Waals surface area contributed by atoms with E-state index < -0.39 is 0 Å². The number of likely N-dealkylation sites (N-methyl/N-ethyl adjacent to an activating group) is 1. The first-order valence-corrected chi connectivity index (χ1v) is 6.95. The van der Waals surface area contributed by atoms with E-state index in [1.807, 2.05) is 6.20 Å². The highest BCUT2D eigenvalue weighted by molar-refractivity contribution is 5.52. The van der Waals surface area contributed by atoms with Gasteiger partial charge in [-0.15, -0.1) is 0 Å². The summed E-state index contributed by atoms with van der Waals surface area (Å²) >= 11 is 0. The van der Waals surface area contributed by atoms with Crippen molar-refractivity contribution >= 4 is 11.3 Å². The maximum Gasteiger partial charge on any atom is 0.137 e. The number of nitrogens with zero attached hydrogens (tertiary/aromatic N) is 4. The Labute approximate surface area is 113 Å². The molecule has 0 radical (unpaired) electrons. The molecular weight excluding hydrogens is 238 g/mol. The molecule has 0 aliphatic carbocycles. The Kier molecular flexibility index (Phi) is 3.40. The molecule has 3 heterocycles. The molecule has 5 nitrogen and oxygen atoms in total. The lowest BCUT2D eigenvalue weighted by atomic mass is 10.2. The number of hydrogen-bond acceptors (Lipinski definition) is 4. The van der Waals surface area contributed by atoms with E-state index in [0.717, 1.165) is 44.1 Å². The highest BCUT2D eigenvalue weighted by Crippen LogP contribution is 2.18. The summed E-state index contributed by atoms with van der Waals surface area (Å²) in [5.74, 6) is 0. The van der Waals surface area contributed by atoms with Crippen molar-refractivity contribution in [2.24, 2.45) is 5.73 Å². The van der Waals surface area contributed by atoms with Crippen molar-refractivity contribution < 1.29 is 0 Å². The number of anilines is 1. The van der Waals surface area contributed by atoms with E-state index in [2.05, 4.69) is 44.4 Å². The number of piperazine rings is 1. The van der Waals surface area contributed by atoms with Crippen molar-refractivity contribution in [1.82, 2.24) is 14.3 Å². The van der Waals surface area contributed by atoms with Gasteiger partial charge in [-0.05, 0) is 18.7 Å². The van der Waals surface area contributed by atoms with Gasteiger partial charge in [0.2, 0.25) is 0 Å². The first-order chi connectivity index (χ1) is 9.30. The molecule has 2 N–H and O–H groups in total. The third-order valence-electron chi connectivity index (χ3n) is 3.88. The molecule has 2 aromatic heterocycles. The number of pyridine rings is 1. The van der Waals surface area contributed by atoms with Crippen molar-refractivity contribution in [3.63, 3.8) is 0 Å². The largest absolute Gasteiger partial charge is 0.368 e. The van der Waals surface area contributed by atoms with E-state index in [4.69, 9.17) is 5.73 Å². The minimum absolute atomic E-state index is 0.492. The molecule has 0 spiro atoms. The fourth-order valence-electron chi connectivity index (χ4n) is 2.64. The van der Waals surface area contributed by atoms with Gasteiger partial charge in [0, 0.05) is 45.1 Å². The first kappa shape index (κ1) is 12.4. The van der Waals surface area contributed by atoms with Crippen LogP contribution in [0.25, 0.3) is 5.65 Å². The van der Waals surface area contributed by atoms with Crippen LogP contribution in [0.1, 0.15) is 12.6 Å². The fourth-order valence-corrected chi connectivity index (χ4v) is 2.64. The fraction of sp³-hybridized carbons (Fsp3) is 0.500. The van der Waals surface area contributed by atoms with E-state index in [1.165, 1.54) is 5.69 Å². The molecule has 1 aliphatic heterocycles. The van der Waals surface area contributed by atoms with Gasteiger partial charge in [-0.2, -0.15) is 0 Å². The molecule has 1 saturated heterocycles. The molecule has 102 valence electrons. The van der Waals surface area contributed by atoms with Crippen LogP contribution in [0.5, 0.6) is 0 Å². The summed E-state index contributed by atoms with van der Waals surface area (Å²) < 4.78 is 2.07. The van der Waals surface area contributed by atoms with E-state index in [1.54, 1.807) is 0 Å². The second-order valence-electron chi connectivity index (χ2n) is 5.01. The zero-order valence-electron chi connectivity index (χ0n) is 11.4. The number of rotatable bonds is 3. The molecule has 0 saturated carbocycles. The van der Waals surface area contributed by atoms with Crippen LogP contribution < -0.4 is 10.6 Å². The van der Waals surface area contributed by atoms with Crippen molar-refractivity contribution in [3.05, 3.63) is 30.2 Å². The minimum atomic E-state index is 0.492. The molecule has 0 bridgehead atoms. The normalized spacial score (nSPS) is 17.3. The lowest BCUT2D eigenvalue weighted by molar-refractivity contribution is 0.271. The number of imidazole rings is 1. The summed E-state index contributed by atoms with van der Waals surface area (Å²) in [7, 11) is 0. The summed E-state index contributed by atoms with van der Waals surface area (Å²) in [6.45, 7) is 8.34. The monoisotopic (exact) mass is 259 g/mol. The highest BCUT2D eigenvalue weighted by atomic mass is 15.3. The van der Waals surface area contributed by atoms with Gasteiger partial charge in [-0.1, -0.05) is 6.92 Å². The summed E-state index contributed by atoms with van der Waals surface area (Å²) in [5.41, 5.74) is 8.81. The zero-order chi connectivity index (χ0) is 13.2. The Morgan fingerprint density at radius 1 is 1.16 bits per heavy atom. The third kappa shape index (κ3) is 2.43. The standard InChI is InChI=1S/C14H21N5/c1-2-17-5-7-18(8-6-17)13-3-4-14-16-12(9-15)10-19(14)11-13/h3-4,10-11H,2,5-9,15H2,1H3. The third-order valence-corrected chi connectivity index (χ3v) is 3.88. The Bertz CT molecular complexity index is 554. The van der Waals surface area contributed by atoms with Crippen molar-refractivity contribution in [1.29, 1.82) is 0 Å². The molecule has 0 aromatic carbocycles. The predicted octanol–water partition coefficient (Wildman–Crippen LogP) is 0.935. The number of nitrogens with two attached hydrogens (primary N) is 1. The minimum Gasteiger partial charge on any atom is -0.368 e. The van der Waals surface area contributed by atoms with Crippen molar-refractivity contribution in [3.8, 4) is 0 Å². The predicted molar refractivity (Wildman–Crippen MR) is 77.4 cm³/mol. The number of fused-ring (bicyclic) bond motifs is 1. The van der Waals surface area contributed by atoms with Crippen molar-refractivity contribution in [2.45, 2.75) is 13.5 Å². The maximum absolute atomic E-state index is 5.63. The van der Waals surface area contributed by atoms with Crippen LogP contribution >= 0.6 is 0 Å². The maximum atomic E-state index is 5.63. The molecule has 5 heteroatoms. The van der Waals surface area contributed by atoms with Gasteiger partial charge in [-0.25, -0.2) is 4.98 Å². The van der Waals surface area contributed by atoms with Gasteiger partial charge >= 0.3 is 0 Å². The summed E-state index contributed by atoms with van der Waals surface area (Å²) in [4.78, 5) is 9.38. The van der Waals surface area contributed by atoms with Crippen LogP contribution in [0, 0.1) is 0 Å². The van der Waals surface area contributed by atoms with Crippen LogP contribution in [0.4, 0.5) is 5.69 Å². The van der Waals surface area contributed by atoms with E-state index in [9.17, 15) is 0 Å². The summed E-state index contributed by atoms with van der Waals surface area (Å²) in [6, 6.07) is 4.23. The molecule has 0 amide bonds. The molecular formula is C14H21N5. The van der Waals surface area contributed by atoms with E-state index >= 15 is 0 Å². The van der Waals surface area contributed by atoms with Gasteiger partial charge < -0.3 is 19.9 Å². The average molecular weight is 259 g/mol. The molecule has 1 aliphatic rings. The van der Waals surface area contributed by atoms with Gasteiger partial charge in [0.05, 0.1) is 11.4 Å². The Morgan fingerprint density at radius 3 is 2.63 bits per heavy atom. The van der Waals surface area contributed by atoms with Gasteiger partial charge in [0.15, 0.2) is 0 Å². The number of aromatic nitrogens is 2. The van der Waals surface area contributed by atoms with Crippen LogP contribution in [-0.4, -0.2) is 47.0 Å². The summed E-state index contributed by atoms with van der Waals surface area (Å²) in [5, 5.41) is 0. The van der Waals surface area contributed by atoms with Gasteiger partial charge in [0.25, 0.3) is 0 Å². The number of hydrogen-bond donors (Lipinski definition) is 1. The van der Waals surface area contributed by atoms with Crippen LogP contribution in [0.2, 0.25) is 0 Å². The smallest absolute Gasteiger partial charge is 0.137 e. The highest BCUT2D eigenvalue weighted by Gasteiger charge is 2.16. The Morgan fingerprint density at radius 2 is 1.95 bits per heavy atom. The zero-order valence-corrected chi connectivity index (χ0v) is 11.4. The molecule has 0 unspecified atom stereocenters. The van der Waals surface area contributed by atoms with Crippen LogP contribution in [-0.2, 0) is 6.54 Å². The quantitative estimate of drug-likeness (QED) is 0.891. The average Bonchev–Trinajstić information content (AvgIpc) is 2.89. The van der Waals surface area contributed by atoms with Gasteiger partial charge in [-0.3, -0.25) is 0 Å². The van der Waals surface area contributed by atoms with Crippen molar-refractivity contribution in [2.75, 3.05) is 37.6 Å². The molecule has 2 aromatic rings. The molecule has 3 rings (SSSR count). The molecule has 19 heavy (non-hydrogen) atoms. The second kappa shape index (κ2) is 5.19. The van der Waals surface area contributed by atoms with Crippen LogP contribution in [0.3, 0.4) is 0 Å². The van der Waals surface area contributed by atoms with Crippen LogP contribution in [0.15, 0.2) is 24.5 Å². The lowest BCUT2D eigenvalue weighted by Crippen LogP contribution is -2.46. The second-order valence-corrected chi connectivity index (χ2v) is 5.01. The molecule has 0 atom stereocenters.